The van der Waals surface area contributed by atoms with Crippen molar-refractivity contribution in [1.29, 1.82) is 0 Å². The first kappa shape index (κ1) is 17.6. The van der Waals surface area contributed by atoms with E-state index in [2.05, 4.69) is 15.5 Å². The van der Waals surface area contributed by atoms with E-state index in [1.54, 1.807) is 35.7 Å². The van der Waals surface area contributed by atoms with Crippen molar-refractivity contribution in [2.75, 3.05) is 5.43 Å². The lowest BCUT2D eigenvalue weighted by Gasteiger charge is -1.99. The van der Waals surface area contributed by atoms with E-state index >= 15 is 0 Å². The summed E-state index contributed by atoms with van der Waals surface area (Å²) >= 11 is 1.28. The molecule has 1 N–H and O–H groups in total. The summed E-state index contributed by atoms with van der Waals surface area (Å²) < 4.78 is 5.33. The predicted molar refractivity (Wildman–Crippen MR) is 108 cm³/mol. The van der Waals surface area contributed by atoms with Crippen LogP contribution in [0.3, 0.4) is 0 Å². The van der Waals surface area contributed by atoms with E-state index < -0.39 is 10.5 Å². The SMILES string of the molecule is O=c1oc2ccccc2cc1-c1csc(N/N=C/c2cccc([N+](=O)[O-])c2)n1. The smallest absolute Gasteiger partial charge is 0.345 e. The van der Waals surface area contributed by atoms with Gasteiger partial charge in [0.25, 0.3) is 5.69 Å². The minimum absolute atomic E-state index is 0.0106. The molecule has 138 valence electrons. The Hall–Kier alpha value is -3.85. The van der Waals surface area contributed by atoms with Crippen LogP contribution in [-0.4, -0.2) is 16.1 Å². The highest BCUT2D eigenvalue weighted by Gasteiger charge is 2.11. The average Bonchev–Trinajstić information content (AvgIpc) is 3.16. The Morgan fingerprint density at radius 3 is 2.89 bits per heavy atom. The molecule has 0 bridgehead atoms. The van der Waals surface area contributed by atoms with Gasteiger partial charge in [0.05, 0.1) is 22.4 Å². The molecular weight excluding hydrogens is 380 g/mol. The molecule has 2 heterocycles. The van der Waals surface area contributed by atoms with E-state index in [-0.39, 0.29) is 5.69 Å². The summed E-state index contributed by atoms with van der Waals surface area (Å²) in [6, 6.07) is 15.1. The van der Waals surface area contributed by atoms with Crippen molar-refractivity contribution in [3.8, 4) is 11.3 Å². The molecule has 2 aromatic heterocycles. The summed E-state index contributed by atoms with van der Waals surface area (Å²) in [4.78, 5) is 26.9. The Bertz CT molecular complexity index is 1260. The molecular formula is C19H12N4O4S. The van der Waals surface area contributed by atoms with Gasteiger partial charge in [0.1, 0.15) is 5.58 Å². The number of non-ortho nitro benzene ring substituents is 1. The largest absolute Gasteiger partial charge is 0.422 e. The third kappa shape index (κ3) is 3.64. The van der Waals surface area contributed by atoms with Crippen molar-refractivity contribution in [3.05, 3.63) is 86.1 Å². The molecule has 0 aliphatic carbocycles. The molecule has 8 nitrogen and oxygen atoms in total. The molecule has 0 amide bonds. The second-order valence-electron chi connectivity index (χ2n) is 5.75. The number of nitrogens with one attached hydrogen (secondary N) is 1. The molecule has 0 atom stereocenters. The highest BCUT2D eigenvalue weighted by molar-refractivity contribution is 7.14. The number of para-hydroxylation sites is 1. The number of aromatic nitrogens is 1. The zero-order valence-electron chi connectivity index (χ0n) is 14.2. The molecule has 0 aliphatic rings. The van der Waals surface area contributed by atoms with E-state index in [4.69, 9.17) is 4.42 Å². The lowest BCUT2D eigenvalue weighted by atomic mass is 10.1. The normalized spacial score (nSPS) is 11.1. The minimum Gasteiger partial charge on any atom is -0.422 e. The van der Waals surface area contributed by atoms with Gasteiger partial charge in [-0.1, -0.05) is 30.3 Å². The monoisotopic (exact) mass is 392 g/mol. The number of nitro groups is 1. The van der Waals surface area contributed by atoms with E-state index in [0.717, 1.165) is 5.39 Å². The van der Waals surface area contributed by atoms with Crippen LogP contribution < -0.4 is 11.1 Å². The maximum absolute atomic E-state index is 12.2. The third-order valence-electron chi connectivity index (χ3n) is 3.88. The fraction of sp³-hybridized carbons (Fsp3) is 0. The first-order chi connectivity index (χ1) is 13.6. The van der Waals surface area contributed by atoms with E-state index in [0.29, 0.717) is 27.5 Å². The number of hydrogen-bond donors (Lipinski definition) is 1. The summed E-state index contributed by atoms with van der Waals surface area (Å²) in [5.41, 5.74) is 4.24. The average molecular weight is 392 g/mol. The second kappa shape index (κ2) is 7.41. The first-order valence-corrected chi connectivity index (χ1v) is 9.00. The molecule has 0 aliphatic heterocycles. The summed E-state index contributed by atoms with van der Waals surface area (Å²) in [6.45, 7) is 0. The summed E-state index contributed by atoms with van der Waals surface area (Å²) in [5.74, 6) is 0. The second-order valence-corrected chi connectivity index (χ2v) is 6.60. The standard InChI is InChI=1S/C19H12N4O4S/c24-18-15(9-13-5-1-2-7-17(13)27-18)16-11-28-19(21-16)22-20-10-12-4-3-6-14(8-12)23(25)26/h1-11H,(H,21,22)/b20-10+. The maximum atomic E-state index is 12.2. The fourth-order valence-corrected chi connectivity index (χ4v) is 3.23. The van der Waals surface area contributed by atoms with Crippen LogP contribution in [0.5, 0.6) is 0 Å². The lowest BCUT2D eigenvalue weighted by molar-refractivity contribution is -0.384. The Morgan fingerprint density at radius 2 is 2.04 bits per heavy atom. The van der Waals surface area contributed by atoms with Gasteiger partial charge < -0.3 is 4.42 Å². The highest BCUT2D eigenvalue weighted by atomic mass is 32.1. The van der Waals surface area contributed by atoms with Gasteiger partial charge in [0.2, 0.25) is 5.13 Å². The van der Waals surface area contributed by atoms with Crippen LogP contribution in [0.25, 0.3) is 22.2 Å². The van der Waals surface area contributed by atoms with Crippen LogP contribution in [0.1, 0.15) is 5.56 Å². The molecule has 4 aromatic rings. The number of rotatable bonds is 5. The Kier molecular flexibility index (Phi) is 4.65. The Morgan fingerprint density at radius 1 is 1.18 bits per heavy atom. The van der Waals surface area contributed by atoms with Crippen molar-refractivity contribution in [3.63, 3.8) is 0 Å². The van der Waals surface area contributed by atoms with E-state index in [1.807, 2.05) is 12.1 Å². The van der Waals surface area contributed by atoms with Gasteiger partial charge in [0.15, 0.2) is 0 Å². The van der Waals surface area contributed by atoms with E-state index in [1.165, 1.54) is 29.7 Å². The zero-order valence-corrected chi connectivity index (χ0v) is 15.1. The summed E-state index contributed by atoms with van der Waals surface area (Å²) in [6.07, 6.45) is 1.46. The molecule has 0 saturated carbocycles. The number of hydrogen-bond acceptors (Lipinski definition) is 8. The van der Waals surface area contributed by atoms with Crippen LogP contribution in [0, 0.1) is 10.1 Å². The van der Waals surface area contributed by atoms with Gasteiger partial charge in [-0.05, 0) is 12.1 Å². The molecule has 28 heavy (non-hydrogen) atoms. The summed E-state index contributed by atoms with van der Waals surface area (Å²) in [5, 5.41) is 17.9. The van der Waals surface area contributed by atoms with Gasteiger partial charge in [-0.25, -0.2) is 9.78 Å². The summed E-state index contributed by atoms with van der Waals surface area (Å²) in [7, 11) is 0. The van der Waals surface area contributed by atoms with Crippen LogP contribution in [0.4, 0.5) is 10.8 Å². The Balaban J connectivity index is 1.54. The van der Waals surface area contributed by atoms with Gasteiger partial charge in [0, 0.05) is 28.5 Å². The number of benzene rings is 2. The zero-order chi connectivity index (χ0) is 19.5. The molecule has 0 saturated heterocycles. The molecule has 0 radical (unpaired) electrons. The first-order valence-electron chi connectivity index (χ1n) is 8.12. The van der Waals surface area contributed by atoms with Crippen molar-refractivity contribution in [2.45, 2.75) is 0 Å². The lowest BCUT2D eigenvalue weighted by Crippen LogP contribution is -2.02. The molecule has 0 unspecified atom stereocenters. The molecule has 0 spiro atoms. The number of nitrogens with zero attached hydrogens (tertiary/aromatic N) is 3. The molecule has 0 fully saturated rings. The van der Waals surface area contributed by atoms with Crippen molar-refractivity contribution < 1.29 is 9.34 Å². The number of hydrazone groups is 1. The molecule has 2 aromatic carbocycles. The Labute approximate surface area is 161 Å². The predicted octanol–water partition coefficient (Wildman–Crippen LogP) is 4.27. The highest BCUT2D eigenvalue weighted by Crippen LogP contribution is 2.25. The molecule has 4 rings (SSSR count). The van der Waals surface area contributed by atoms with Gasteiger partial charge in [-0.3, -0.25) is 15.5 Å². The van der Waals surface area contributed by atoms with Crippen LogP contribution in [0.15, 0.2) is 74.3 Å². The maximum Gasteiger partial charge on any atom is 0.345 e. The van der Waals surface area contributed by atoms with Crippen LogP contribution in [0.2, 0.25) is 0 Å². The number of anilines is 1. The van der Waals surface area contributed by atoms with Crippen molar-refractivity contribution in [1.82, 2.24) is 4.98 Å². The van der Waals surface area contributed by atoms with Gasteiger partial charge in [-0.2, -0.15) is 5.10 Å². The topological polar surface area (TPSA) is 111 Å². The van der Waals surface area contributed by atoms with Crippen molar-refractivity contribution in [2.24, 2.45) is 5.10 Å². The number of thiazole rings is 1. The van der Waals surface area contributed by atoms with Gasteiger partial charge >= 0.3 is 5.63 Å². The van der Waals surface area contributed by atoms with E-state index in [9.17, 15) is 14.9 Å². The van der Waals surface area contributed by atoms with Crippen LogP contribution >= 0.6 is 11.3 Å². The van der Waals surface area contributed by atoms with Crippen LogP contribution in [-0.2, 0) is 0 Å². The molecule has 9 heteroatoms. The number of nitro benzene ring substituents is 1. The fourth-order valence-electron chi connectivity index (χ4n) is 2.57. The minimum atomic E-state index is -0.465. The quantitative estimate of drug-likeness (QED) is 0.235. The van der Waals surface area contributed by atoms with Gasteiger partial charge in [-0.15, -0.1) is 11.3 Å². The van der Waals surface area contributed by atoms with Crippen molar-refractivity contribution >= 4 is 39.3 Å². The third-order valence-corrected chi connectivity index (χ3v) is 4.62. The number of fused-ring (bicyclic) bond motifs is 1.